The van der Waals surface area contributed by atoms with E-state index in [1.807, 2.05) is 0 Å². The first-order chi connectivity index (χ1) is 7.99. The van der Waals surface area contributed by atoms with E-state index in [2.05, 4.69) is 4.99 Å². The molecule has 88 valence electrons. The Kier molecular flexibility index (Phi) is 4.42. The van der Waals surface area contributed by atoms with Crippen LogP contribution in [0.15, 0.2) is 41.4 Å². The molecule has 0 radical (unpaired) electrons. The number of benzene rings is 1. The van der Waals surface area contributed by atoms with Crippen molar-refractivity contribution in [2.75, 3.05) is 0 Å². The number of aliphatic carboxylic acids is 1. The van der Waals surface area contributed by atoms with Crippen molar-refractivity contribution in [1.29, 1.82) is 0 Å². The molecule has 0 fully saturated rings. The summed E-state index contributed by atoms with van der Waals surface area (Å²) in [7, 11) is 0. The van der Waals surface area contributed by atoms with Crippen LogP contribution in [0.1, 0.15) is 5.56 Å². The molecule has 1 aromatic rings. The van der Waals surface area contributed by atoms with Gasteiger partial charge in [0.1, 0.15) is 0 Å². The molecule has 17 heavy (non-hydrogen) atoms. The van der Waals surface area contributed by atoms with E-state index in [0.717, 1.165) is 12.2 Å². The van der Waals surface area contributed by atoms with Crippen molar-refractivity contribution in [3.05, 3.63) is 47.0 Å². The molecule has 0 heterocycles. The summed E-state index contributed by atoms with van der Waals surface area (Å²) in [5.41, 5.74) is 6.08. The third kappa shape index (κ3) is 4.48. The summed E-state index contributed by atoms with van der Waals surface area (Å²) in [6.07, 6.45) is 2.03. The average Bonchev–Trinajstić information content (AvgIpc) is 2.26. The van der Waals surface area contributed by atoms with Crippen molar-refractivity contribution < 1.29 is 15.3 Å². The number of nitrogens with two attached hydrogens (primary N) is 2. The van der Waals surface area contributed by atoms with Crippen molar-refractivity contribution in [2.24, 2.45) is 10.7 Å². The van der Waals surface area contributed by atoms with Gasteiger partial charge in [-0.1, -0.05) is 17.7 Å². The minimum atomic E-state index is -1.11. The first kappa shape index (κ1) is 12.9. The molecule has 0 aliphatic rings. The SMILES string of the molecule is NC(/C=C\C(=O)O)=NC(=[NH2+])c1cccc(Cl)c1. The fourth-order valence-electron chi connectivity index (χ4n) is 1.05. The summed E-state index contributed by atoms with van der Waals surface area (Å²) in [5, 5.41) is 14.6. The molecular formula is C11H11ClN3O2+. The lowest BCUT2D eigenvalue weighted by Gasteiger charge is -1.93. The molecule has 0 aromatic heterocycles. The zero-order chi connectivity index (χ0) is 12.8. The number of carboxylic acid groups (broad SMARTS) is 1. The number of hydrogen-bond donors (Lipinski definition) is 3. The van der Waals surface area contributed by atoms with Gasteiger partial charge in [0.2, 0.25) is 5.84 Å². The minimum absolute atomic E-state index is 0.00451. The third-order valence-electron chi connectivity index (χ3n) is 1.77. The van der Waals surface area contributed by atoms with Crippen molar-refractivity contribution in [3.63, 3.8) is 0 Å². The number of halogens is 1. The van der Waals surface area contributed by atoms with Crippen LogP contribution in [0.2, 0.25) is 5.02 Å². The molecule has 6 heteroatoms. The maximum atomic E-state index is 10.3. The molecule has 0 spiro atoms. The van der Waals surface area contributed by atoms with Gasteiger partial charge in [-0.3, -0.25) is 5.41 Å². The Morgan fingerprint density at radius 2 is 2.18 bits per heavy atom. The average molecular weight is 253 g/mol. The second-order valence-electron chi connectivity index (χ2n) is 3.10. The van der Waals surface area contributed by atoms with Gasteiger partial charge in [0, 0.05) is 17.2 Å². The number of amidine groups is 2. The highest BCUT2D eigenvalue weighted by Crippen LogP contribution is 2.10. The zero-order valence-electron chi connectivity index (χ0n) is 8.80. The lowest BCUT2D eigenvalue weighted by atomic mass is 10.2. The van der Waals surface area contributed by atoms with E-state index in [4.69, 9.17) is 27.9 Å². The van der Waals surface area contributed by atoms with E-state index >= 15 is 0 Å². The topological polar surface area (TPSA) is 101 Å². The molecular weight excluding hydrogens is 242 g/mol. The van der Waals surface area contributed by atoms with Crippen molar-refractivity contribution >= 4 is 29.2 Å². The van der Waals surface area contributed by atoms with Crippen molar-refractivity contribution in [2.45, 2.75) is 0 Å². The van der Waals surface area contributed by atoms with Gasteiger partial charge in [-0.25, -0.2) is 4.79 Å². The van der Waals surface area contributed by atoms with E-state index in [0.29, 0.717) is 10.6 Å². The molecule has 0 aliphatic carbocycles. The molecule has 0 saturated heterocycles. The minimum Gasteiger partial charge on any atom is -0.478 e. The Morgan fingerprint density at radius 3 is 2.76 bits per heavy atom. The number of aliphatic imine (C=N–C) groups is 1. The van der Waals surface area contributed by atoms with Gasteiger partial charge in [-0.05, 0) is 23.2 Å². The zero-order valence-corrected chi connectivity index (χ0v) is 9.56. The standard InChI is InChI=1S/C11H10ClN3O2/c12-8-3-1-2-7(6-8)11(14)15-9(13)4-5-10(16)17/h1-6H,(H,16,17)(H3,13,14,15)/p+1/b5-4-. The lowest BCUT2D eigenvalue weighted by molar-refractivity contribution is -0.131. The first-order valence-electron chi connectivity index (χ1n) is 4.62. The highest BCUT2D eigenvalue weighted by Gasteiger charge is 2.09. The molecule has 1 rings (SSSR count). The highest BCUT2D eigenvalue weighted by molar-refractivity contribution is 6.31. The number of carbonyl (C=O) groups is 1. The predicted molar refractivity (Wildman–Crippen MR) is 65.9 cm³/mol. The quantitative estimate of drug-likeness (QED) is 0.396. The smallest absolute Gasteiger partial charge is 0.328 e. The van der Waals surface area contributed by atoms with E-state index in [9.17, 15) is 4.79 Å². The molecule has 0 aliphatic heterocycles. The maximum Gasteiger partial charge on any atom is 0.328 e. The van der Waals surface area contributed by atoms with Crippen LogP contribution in [-0.2, 0) is 4.79 Å². The third-order valence-corrected chi connectivity index (χ3v) is 2.00. The van der Waals surface area contributed by atoms with E-state index in [1.165, 1.54) is 0 Å². The Balaban J connectivity index is 2.85. The van der Waals surface area contributed by atoms with Crippen LogP contribution in [0.25, 0.3) is 0 Å². The number of nitrogens with zero attached hydrogens (tertiary/aromatic N) is 1. The van der Waals surface area contributed by atoms with E-state index < -0.39 is 5.97 Å². The normalized spacial score (nSPS) is 11.7. The van der Waals surface area contributed by atoms with Gasteiger partial charge in [-0.15, -0.1) is 0 Å². The van der Waals surface area contributed by atoms with Gasteiger partial charge >= 0.3 is 11.8 Å². The summed E-state index contributed by atoms with van der Waals surface area (Å²) in [6, 6.07) is 6.78. The highest BCUT2D eigenvalue weighted by atomic mass is 35.5. The van der Waals surface area contributed by atoms with Crippen LogP contribution in [0, 0.1) is 0 Å². The Labute approximate surface area is 103 Å². The number of rotatable bonds is 3. The van der Waals surface area contributed by atoms with Gasteiger partial charge in [0.05, 0.1) is 5.56 Å². The molecule has 0 saturated carbocycles. The van der Waals surface area contributed by atoms with Crippen LogP contribution in [-0.4, -0.2) is 22.7 Å². The molecule has 5 nitrogen and oxygen atoms in total. The fraction of sp³-hybridized carbons (Fsp3) is 0. The summed E-state index contributed by atoms with van der Waals surface area (Å²) < 4.78 is 0. The molecule has 0 amide bonds. The molecule has 0 bridgehead atoms. The second kappa shape index (κ2) is 5.81. The van der Waals surface area contributed by atoms with E-state index in [1.54, 1.807) is 24.3 Å². The van der Waals surface area contributed by atoms with Crippen molar-refractivity contribution in [1.82, 2.24) is 0 Å². The molecule has 5 N–H and O–H groups in total. The van der Waals surface area contributed by atoms with Crippen molar-refractivity contribution in [3.8, 4) is 0 Å². The number of carboxylic acids is 1. The summed E-state index contributed by atoms with van der Waals surface area (Å²) in [4.78, 5) is 14.1. The molecule has 0 atom stereocenters. The van der Waals surface area contributed by atoms with Gasteiger partial charge < -0.3 is 10.8 Å². The first-order valence-corrected chi connectivity index (χ1v) is 5.00. The fourth-order valence-corrected chi connectivity index (χ4v) is 1.24. The van der Waals surface area contributed by atoms with Crippen LogP contribution in [0.4, 0.5) is 0 Å². The van der Waals surface area contributed by atoms with Gasteiger partial charge in [0.15, 0.2) is 0 Å². The van der Waals surface area contributed by atoms with Crippen LogP contribution < -0.4 is 11.1 Å². The summed E-state index contributed by atoms with van der Waals surface area (Å²) >= 11 is 5.79. The van der Waals surface area contributed by atoms with Gasteiger partial charge in [-0.2, -0.15) is 0 Å². The van der Waals surface area contributed by atoms with E-state index in [-0.39, 0.29) is 11.7 Å². The molecule has 1 aromatic carbocycles. The molecule has 0 unspecified atom stereocenters. The van der Waals surface area contributed by atoms with Crippen LogP contribution in [0.5, 0.6) is 0 Å². The Hall–Kier alpha value is -2.14. The van der Waals surface area contributed by atoms with Gasteiger partial charge in [0.25, 0.3) is 0 Å². The van der Waals surface area contributed by atoms with Crippen LogP contribution >= 0.6 is 11.6 Å². The van der Waals surface area contributed by atoms with Crippen LogP contribution in [0.3, 0.4) is 0 Å². The Bertz CT molecular complexity index is 509. The largest absolute Gasteiger partial charge is 0.478 e. The summed E-state index contributed by atoms with van der Waals surface area (Å²) in [6.45, 7) is 0. The Morgan fingerprint density at radius 1 is 1.47 bits per heavy atom. The predicted octanol–water partition coefficient (Wildman–Crippen LogP) is -0.156. The monoisotopic (exact) mass is 252 g/mol. The lowest BCUT2D eigenvalue weighted by Crippen LogP contribution is -2.40. The summed E-state index contributed by atoms with van der Waals surface area (Å²) in [5.74, 6) is -0.936. The second-order valence-corrected chi connectivity index (χ2v) is 3.54. The maximum absolute atomic E-state index is 10.3. The number of hydrogen-bond acceptors (Lipinski definition) is 1.